The first-order valence-electron chi connectivity index (χ1n) is 6.19. The molecule has 1 heterocycles. The number of halogens is 3. The lowest BCUT2D eigenvalue weighted by molar-refractivity contribution is -0.201. The van der Waals surface area contributed by atoms with Crippen molar-refractivity contribution in [2.75, 3.05) is 0 Å². The number of carbonyl (C=O) groups excluding carboxylic acids is 1. The van der Waals surface area contributed by atoms with Gasteiger partial charge in [-0.2, -0.15) is 21.6 Å². The number of alkyl halides is 3. The predicted octanol–water partition coefficient (Wildman–Crippen LogP) is 1.60. The van der Waals surface area contributed by atoms with Crippen LogP contribution < -0.4 is 0 Å². The second kappa shape index (κ2) is 6.09. The summed E-state index contributed by atoms with van der Waals surface area (Å²) in [7, 11) is -5.79. The van der Waals surface area contributed by atoms with Crippen molar-refractivity contribution in [2.45, 2.75) is 57.6 Å². The van der Waals surface area contributed by atoms with Crippen LogP contribution in [0, 0.1) is 5.92 Å². The van der Waals surface area contributed by atoms with E-state index < -0.39 is 51.9 Å². The predicted molar refractivity (Wildman–Crippen MR) is 64.6 cm³/mol. The van der Waals surface area contributed by atoms with Crippen molar-refractivity contribution in [3.8, 4) is 0 Å². The summed E-state index contributed by atoms with van der Waals surface area (Å²) >= 11 is 0. The summed E-state index contributed by atoms with van der Waals surface area (Å²) in [6, 6.07) is 0. The van der Waals surface area contributed by atoms with E-state index in [0.717, 1.165) is 6.92 Å². The summed E-state index contributed by atoms with van der Waals surface area (Å²) < 4.78 is 74.3. The Bertz CT molecular complexity index is 489. The number of hydrogen-bond acceptors (Lipinski definition) is 6. The van der Waals surface area contributed by atoms with Gasteiger partial charge in [0.1, 0.15) is 6.10 Å². The van der Waals surface area contributed by atoms with Gasteiger partial charge in [-0.1, -0.05) is 6.92 Å². The van der Waals surface area contributed by atoms with Gasteiger partial charge in [0, 0.05) is 12.8 Å². The van der Waals surface area contributed by atoms with E-state index in [0.29, 0.717) is 0 Å². The van der Waals surface area contributed by atoms with Crippen LogP contribution in [-0.4, -0.2) is 44.3 Å². The minimum atomic E-state index is -5.79. The summed E-state index contributed by atoms with van der Waals surface area (Å²) in [5, 5.41) is 0. The van der Waals surface area contributed by atoms with Crippen LogP contribution in [0.5, 0.6) is 0 Å². The highest BCUT2D eigenvalue weighted by molar-refractivity contribution is 7.87. The van der Waals surface area contributed by atoms with E-state index >= 15 is 0 Å². The quantitative estimate of drug-likeness (QED) is 0.443. The minimum absolute atomic E-state index is 0.555. The Kier molecular flexibility index (Phi) is 5.27. The number of ether oxygens (including phenoxy) is 2. The molecule has 0 amide bonds. The third kappa shape index (κ3) is 4.07. The molecule has 0 spiro atoms. The molecule has 1 aliphatic heterocycles. The van der Waals surface area contributed by atoms with Crippen molar-refractivity contribution in [3.05, 3.63) is 0 Å². The first-order chi connectivity index (χ1) is 9.36. The maximum absolute atomic E-state index is 12.4. The molecule has 1 aliphatic rings. The van der Waals surface area contributed by atoms with Crippen molar-refractivity contribution in [1.29, 1.82) is 0 Å². The molecular formula is C11H17F3O6S. The second-order valence-corrected chi connectivity index (χ2v) is 6.50. The van der Waals surface area contributed by atoms with Crippen LogP contribution in [0.3, 0.4) is 0 Å². The third-order valence-corrected chi connectivity index (χ3v) is 4.34. The van der Waals surface area contributed by atoms with Crippen LogP contribution >= 0.6 is 0 Å². The summed E-state index contributed by atoms with van der Waals surface area (Å²) in [6.07, 6.45) is -4.07. The topological polar surface area (TPSA) is 78.9 Å². The Morgan fingerprint density at radius 1 is 1.10 bits per heavy atom. The first kappa shape index (κ1) is 18.2. The number of rotatable bonds is 3. The zero-order valence-electron chi connectivity index (χ0n) is 11.9. The average molecular weight is 334 g/mol. The molecule has 0 aromatic rings. The normalized spacial score (nSPS) is 34.5. The van der Waals surface area contributed by atoms with Crippen molar-refractivity contribution in [1.82, 2.24) is 0 Å². The van der Waals surface area contributed by atoms with Gasteiger partial charge in [-0.25, -0.2) is 0 Å². The standard InChI is InChI=1S/C11H17F3O6S/c1-5-6(2)18-7(3)10(19-8(4)15)9(5)20-21(16,17)11(12,13)14/h5-7,9-10H,1-4H3/t5-,6?,7-,9+,10-/m0/s1. The monoisotopic (exact) mass is 334 g/mol. The second-order valence-electron chi connectivity index (χ2n) is 4.94. The fourth-order valence-electron chi connectivity index (χ4n) is 2.07. The Morgan fingerprint density at radius 3 is 2.05 bits per heavy atom. The van der Waals surface area contributed by atoms with Crippen LogP contribution in [0.25, 0.3) is 0 Å². The van der Waals surface area contributed by atoms with Gasteiger partial charge in [0.2, 0.25) is 0 Å². The van der Waals surface area contributed by atoms with Crippen molar-refractivity contribution >= 4 is 16.1 Å². The van der Waals surface area contributed by atoms with E-state index in [9.17, 15) is 26.4 Å². The molecule has 1 saturated heterocycles. The molecule has 1 unspecified atom stereocenters. The Balaban J connectivity index is 3.09. The molecule has 5 atom stereocenters. The zero-order chi connectivity index (χ0) is 16.6. The highest BCUT2D eigenvalue weighted by Crippen LogP contribution is 2.34. The molecule has 0 radical (unpaired) electrons. The zero-order valence-corrected chi connectivity index (χ0v) is 12.7. The maximum atomic E-state index is 12.4. The van der Waals surface area contributed by atoms with E-state index in [4.69, 9.17) is 9.47 Å². The van der Waals surface area contributed by atoms with Crippen LogP contribution in [0.2, 0.25) is 0 Å². The molecule has 0 aliphatic carbocycles. The molecule has 1 rings (SSSR count). The molecule has 1 fully saturated rings. The summed E-state index contributed by atoms with van der Waals surface area (Å²) in [6.45, 7) is 5.56. The van der Waals surface area contributed by atoms with Gasteiger partial charge in [0.25, 0.3) is 0 Å². The molecule has 6 nitrogen and oxygen atoms in total. The molecule has 0 saturated carbocycles. The van der Waals surface area contributed by atoms with Crippen LogP contribution in [0.4, 0.5) is 13.2 Å². The van der Waals surface area contributed by atoms with Gasteiger partial charge in [0.05, 0.1) is 12.2 Å². The van der Waals surface area contributed by atoms with E-state index in [1.54, 1.807) is 6.92 Å². The highest BCUT2D eigenvalue weighted by atomic mass is 32.2. The van der Waals surface area contributed by atoms with Crippen molar-refractivity contribution in [3.63, 3.8) is 0 Å². The Morgan fingerprint density at radius 2 is 1.62 bits per heavy atom. The van der Waals surface area contributed by atoms with Gasteiger partial charge in [-0.3, -0.25) is 8.98 Å². The minimum Gasteiger partial charge on any atom is -0.457 e. The SMILES string of the molecule is CC(=O)O[C@@H]1[C@H](OS(=O)(=O)C(F)(F)F)[C@@H](C)C(C)O[C@H]1C. The molecule has 21 heavy (non-hydrogen) atoms. The fourth-order valence-corrected chi connectivity index (χ4v) is 2.76. The van der Waals surface area contributed by atoms with Gasteiger partial charge in [-0.15, -0.1) is 0 Å². The smallest absolute Gasteiger partial charge is 0.457 e. The molecule has 0 aromatic heterocycles. The number of hydrogen-bond donors (Lipinski definition) is 0. The maximum Gasteiger partial charge on any atom is 0.523 e. The van der Waals surface area contributed by atoms with E-state index in [1.807, 2.05) is 0 Å². The number of esters is 1. The van der Waals surface area contributed by atoms with Gasteiger partial charge >= 0.3 is 21.6 Å². The molecular weight excluding hydrogens is 317 g/mol. The summed E-state index contributed by atoms with van der Waals surface area (Å²) in [5.74, 6) is -1.49. The largest absolute Gasteiger partial charge is 0.523 e. The highest BCUT2D eigenvalue weighted by Gasteiger charge is 2.53. The molecule has 0 N–H and O–H groups in total. The average Bonchev–Trinajstić information content (AvgIpc) is 2.28. The Hall–Kier alpha value is -0.870. The van der Waals surface area contributed by atoms with Crippen LogP contribution in [0.15, 0.2) is 0 Å². The van der Waals surface area contributed by atoms with Crippen LogP contribution in [-0.2, 0) is 28.6 Å². The summed E-state index contributed by atoms with van der Waals surface area (Å²) in [4.78, 5) is 11.0. The van der Waals surface area contributed by atoms with Gasteiger partial charge in [-0.05, 0) is 13.8 Å². The lowest BCUT2D eigenvalue weighted by atomic mass is 9.89. The third-order valence-electron chi connectivity index (χ3n) is 3.30. The molecule has 0 aromatic carbocycles. The fraction of sp³-hybridized carbons (Fsp3) is 0.909. The van der Waals surface area contributed by atoms with Gasteiger partial charge < -0.3 is 9.47 Å². The Labute approximate surface area is 120 Å². The van der Waals surface area contributed by atoms with Crippen LogP contribution in [0.1, 0.15) is 27.7 Å². The van der Waals surface area contributed by atoms with E-state index in [1.165, 1.54) is 13.8 Å². The van der Waals surface area contributed by atoms with E-state index in [2.05, 4.69) is 4.18 Å². The number of carbonyl (C=O) groups is 1. The lowest BCUT2D eigenvalue weighted by Gasteiger charge is -2.42. The first-order valence-corrected chi connectivity index (χ1v) is 7.60. The van der Waals surface area contributed by atoms with E-state index in [-0.39, 0.29) is 0 Å². The molecule has 0 bridgehead atoms. The lowest BCUT2D eigenvalue weighted by Crippen LogP contribution is -2.55. The molecule has 10 heteroatoms. The van der Waals surface area contributed by atoms with Crippen molar-refractivity contribution < 1.29 is 40.0 Å². The van der Waals surface area contributed by atoms with Gasteiger partial charge in [0.15, 0.2) is 6.10 Å². The van der Waals surface area contributed by atoms with Crippen molar-refractivity contribution in [2.24, 2.45) is 5.92 Å². The molecule has 124 valence electrons. The summed E-state index contributed by atoms with van der Waals surface area (Å²) in [5.41, 5.74) is -5.54.